The molecule has 0 aliphatic heterocycles. The predicted octanol–water partition coefficient (Wildman–Crippen LogP) is 4.53. The third-order valence-electron chi connectivity index (χ3n) is 9.29. The number of hydrogen-bond donors (Lipinski definition) is 0. The second-order valence-corrected chi connectivity index (χ2v) is 10.5. The molecule has 7 atom stereocenters. The lowest BCUT2D eigenvalue weighted by molar-refractivity contribution is -0.160. The molecule has 0 radical (unpaired) electrons. The van der Waals surface area contributed by atoms with Crippen LogP contribution in [0.2, 0.25) is 0 Å². The molecule has 3 saturated carbocycles. The molecular weight excluding hydrogens is 352 g/mol. The van der Waals surface area contributed by atoms with Gasteiger partial charge in [0.1, 0.15) is 11.9 Å². The third-order valence-corrected chi connectivity index (χ3v) is 9.29. The van der Waals surface area contributed by atoms with E-state index in [1.807, 2.05) is 6.07 Å². The lowest BCUT2D eigenvalue weighted by Crippen LogP contribution is -2.55. The quantitative estimate of drug-likeness (QED) is 0.668. The van der Waals surface area contributed by atoms with E-state index in [9.17, 15) is 9.59 Å². The van der Waals surface area contributed by atoms with Crippen LogP contribution < -0.4 is 5.63 Å². The van der Waals surface area contributed by atoms with Crippen molar-refractivity contribution in [2.75, 3.05) is 0 Å². The maximum atomic E-state index is 11.7. The highest BCUT2D eigenvalue weighted by molar-refractivity contribution is 5.66. The summed E-state index contributed by atoms with van der Waals surface area (Å²) in [5.74, 6) is 3.54. The Labute approximate surface area is 167 Å². The third kappa shape index (κ3) is 2.55. The van der Waals surface area contributed by atoms with Crippen LogP contribution in [0.4, 0.5) is 0 Å². The number of fused-ring (bicyclic) bond motifs is 6. The Morgan fingerprint density at radius 3 is 2.64 bits per heavy atom. The fourth-order valence-corrected chi connectivity index (χ4v) is 7.94. The summed E-state index contributed by atoms with van der Waals surface area (Å²) in [6.07, 6.45) is 9.16. The standard InChI is InChI=1S/C24H32O4/c1-14(25)27-21-8-7-18-17-6-5-16-12-20-15(4-9-22(26)28-20)13-24(16,3)19(17)10-11-23(18,21)2/h4,9,16-19,21H,5-8,10-13H2,1-3H3. The summed E-state index contributed by atoms with van der Waals surface area (Å²) in [4.78, 5) is 23.3. The van der Waals surface area contributed by atoms with Gasteiger partial charge in [-0.15, -0.1) is 0 Å². The first-order valence-electron chi connectivity index (χ1n) is 11.1. The molecule has 28 heavy (non-hydrogen) atoms. The van der Waals surface area contributed by atoms with Crippen molar-refractivity contribution in [3.63, 3.8) is 0 Å². The molecule has 0 spiro atoms. The smallest absolute Gasteiger partial charge is 0.335 e. The van der Waals surface area contributed by atoms with Gasteiger partial charge in [0.05, 0.1) is 0 Å². The largest absolute Gasteiger partial charge is 0.462 e. The molecule has 0 saturated heterocycles. The van der Waals surface area contributed by atoms with Crippen LogP contribution in [0, 0.1) is 34.5 Å². The van der Waals surface area contributed by atoms with Crippen LogP contribution in [0.1, 0.15) is 70.6 Å². The van der Waals surface area contributed by atoms with Crippen molar-refractivity contribution >= 4 is 5.97 Å². The van der Waals surface area contributed by atoms with E-state index in [-0.39, 0.29) is 28.5 Å². The Bertz CT molecular complexity index is 856. The summed E-state index contributed by atoms with van der Waals surface area (Å²) < 4.78 is 11.3. The molecule has 3 fully saturated rings. The van der Waals surface area contributed by atoms with Crippen molar-refractivity contribution in [3.8, 4) is 0 Å². The first-order valence-corrected chi connectivity index (χ1v) is 11.1. The SMILES string of the molecule is CC(=O)OC1CCC2C3CCC4Cc5oc(=O)ccc5CC4(C)C3CCC12C. The van der Waals surface area contributed by atoms with Gasteiger partial charge in [-0.05, 0) is 85.7 Å². The Kier molecular flexibility index (Phi) is 4.09. The van der Waals surface area contributed by atoms with Crippen molar-refractivity contribution in [2.24, 2.45) is 34.5 Å². The number of carbonyl (C=O) groups excluding carboxylic acids is 1. The molecule has 4 heteroatoms. The summed E-state index contributed by atoms with van der Waals surface area (Å²) >= 11 is 0. The van der Waals surface area contributed by atoms with E-state index in [4.69, 9.17) is 9.15 Å². The second kappa shape index (κ2) is 6.21. The molecule has 0 N–H and O–H groups in total. The summed E-state index contributed by atoms with van der Waals surface area (Å²) in [5, 5.41) is 0. The van der Waals surface area contributed by atoms with Gasteiger partial charge in [0.15, 0.2) is 0 Å². The summed E-state index contributed by atoms with van der Waals surface area (Å²) in [7, 11) is 0. The summed E-state index contributed by atoms with van der Waals surface area (Å²) in [6, 6.07) is 3.59. The lowest BCUT2D eigenvalue weighted by atomic mass is 9.45. The zero-order valence-electron chi connectivity index (χ0n) is 17.3. The average molecular weight is 385 g/mol. The minimum atomic E-state index is -0.216. The highest BCUT2D eigenvalue weighted by Gasteiger charge is 2.61. The van der Waals surface area contributed by atoms with Gasteiger partial charge in [-0.2, -0.15) is 0 Å². The minimum Gasteiger partial charge on any atom is -0.462 e. The molecular formula is C24H32O4. The van der Waals surface area contributed by atoms with Gasteiger partial charge < -0.3 is 9.15 Å². The number of esters is 1. The van der Waals surface area contributed by atoms with Crippen LogP contribution in [0.5, 0.6) is 0 Å². The van der Waals surface area contributed by atoms with Crippen LogP contribution in [0.15, 0.2) is 21.3 Å². The lowest BCUT2D eigenvalue weighted by Gasteiger charge is -2.60. The fraction of sp³-hybridized carbons (Fsp3) is 0.750. The zero-order chi connectivity index (χ0) is 19.7. The van der Waals surface area contributed by atoms with E-state index in [1.165, 1.54) is 31.2 Å². The van der Waals surface area contributed by atoms with E-state index in [2.05, 4.69) is 13.8 Å². The molecule has 152 valence electrons. The van der Waals surface area contributed by atoms with E-state index in [0.717, 1.165) is 43.3 Å². The van der Waals surface area contributed by atoms with Gasteiger partial charge in [-0.1, -0.05) is 13.8 Å². The molecule has 4 nitrogen and oxygen atoms in total. The summed E-state index contributed by atoms with van der Waals surface area (Å²) in [6.45, 7) is 6.43. The second-order valence-electron chi connectivity index (χ2n) is 10.5. The van der Waals surface area contributed by atoms with Crippen molar-refractivity contribution in [2.45, 2.75) is 78.2 Å². The van der Waals surface area contributed by atoms with Gasteiger partial charge in [-0.25, -0.2) is 4.79 Å². The topological polar surface area (TPSA) is 56.5 Å². The van der Waals surface area contributed by atoms with Crippen LogP contribution in [-0.2, 0) is 22.4 Å². The first-order chi connectivity index (χ1) is 13.3. The van der Waals surface area contributed by atoms with E-state index < -0.39 is 0 Å². The van der Waals surface area contributed by atoms with Crippen LogP contribution >= 0.6 is 0 Å². The van der Waals surface area contributed by atoms with Gasteiger partial charge >= 0.3 is 11.6 Å². The number of rotatable bonds is 1. The van der Waals surface area contributed by atoms with Crippen LogP contribution in [0.25, 0.3) is 0 Å². The molecule has 4 aliphatic rings. The van der Waals surface area contributed by atoms with Crippen LogP contribution in [0.3, 0.4) is 0 Å². The van der Waals surface area contributed by atoms with Crippen LogP contribution in [-0.4, -0.2) is 12.1 Å². The van der Waals surface area contributed by atoms with Gasteiger partial charge in [0.25, 0.3) is 0 Å². The monoisotopic (exact) mass is 384 g/mol. The molecule has 0 amide bonds. The van der Waals surface area contributed by atoms with Gasteiger partial charge in [-0.3, -0.25) is 4.79 Å². The highest BCUT2D eigenvalue weighted by atomic mass is 16.5. The predicted molar refractivity (Wildman–Crippen MR) is 106 cm³/mol. The van der Waals surface area contributed by atoms with Gasteiger partial charge in [0.2, 0.25) is 0 Å². The van der Waals surface area contributed by atoms with Crippen molar-refractivity contribution in [3.05, 3.63) is 33.9 Å². The Morgan fingerprint density at radius 2 is 1.86 bits per heavy atom. The Balaban J connectivity index is 1.45. The van der Waals surface area contributed by atoms with E-state index in [1.54, 1.807) is 13.0 Å². The van der Waals surface area contributed by atoms with Crippen molar-refractivity contribution in [1.82, 2.24) is 0 Å². The minimum absolute atomic E-state index is 0.0998. The normalized spacial score (nSPS) is 44.0. The van der Waals surface area contributed by atoms with Crippen molar-refractivity contribution < 1.29 is 13.9 Å². The van der Waals surface area contributed by atoms with E-state index in [0.29, 0.717) is 11.8 Å². The number of carbonyl (C=O) groups is 1. The first kappa shape index (κ1) is 18.4. The summed E-state index contributed by atoms with van der Waals surface area (Å²) in [5.41, 5.74) is 1.47. The maximum absolute atomic E-state index is 11.7. The van der Waals surface area contributed by atoms with Gasteiger partial charge in [0, 0.05) is 24.8 Å². The average Bonchev–Trinajstić information content (AvgIpc) is 2.96. The fourth-order valence-electron chi connectivity index (χ4n) is 7.94. The molecule has 7 unspecified atom stereocenters. The molecule has 1 aromatic heterocycles. The molecule has 0 aromatic carbocycles. The molecule has 0 bridgehead atoms. The Hall–Kier alpha value is -1.58. The highest BCUT2D eigenvalue weighted by Crippen LogP contribution is 2.65. The number of ether oxygens (including phenoxy) is 1. The Morgan fingerprint density at radius 1 is 1.07 bits per heavy atom. The van der Waals surface area contributed by atoms with Crippen molar-refractivity contribution in [1.29, 1.82) is 0 Å². The molecule has 1 heterocycles. The molecule has 5 rings (SSSR count). The zero-order valence-corrected chi connectivity index (χ0v) is 17.3. The maximum Gasteiger partial charge on any atom is 0.335 e. The van der Waals surface area contributed by atoms with E-state index >= 15 is 0 Å². The number of hydrogen-bond acceptors (Lipinski definition) is 4. The molecule has 1 aromatic rings. The molecule has 4 aliphatic carbocycles.